The van der Waals surface area contributed by atoms with Gasteiger partial charge in [-0.15, -0.1) is 0 Å². The molecular weight excluding hydrogens is 331 g/mol. The summed E-state index contributed by atoms with van der Waals surface area (Å²) in [7, 11) is 1.82. The third kappa shape index (κ3) is 2.87. The maximum atomic E-state index is 6.23. The van der Waals surface area contributed by atoms with Crippen molar-refractivity contribution in [3.05, 3.63) is 63.1 Å². The van der Waals surface area contributed by atoms with Crippen molar-refractivity contribution >= 4 is 45.8 Å². The number of aromatic nitrogens is 1. The Morgan fingerprint density at radius 2 is 1.90 bits per heavy atom. The zero-order valence-corrected chi connectivity index (χ0v) is 13.3. The number of halogens is 3. The van der Waals surface area contributed by atoms with Crippen molar-refractivity contribution < 1.29 is 4.42 Å². The van der Waals surface area contributed by atoms with Crippen molar-refractivity contribution in [3.63, 3.8) is 0 Å². The van der Waals surface area contributed by atoms with Crippen LogP contribution in [0.4, 0.5) is 0 Å². The van der Waals surface area contributed by atoms with Crippen LogP contribution in [0.5, 0.6) is 0 Å². The van der Waals surface area contributed by atoms with Gasteiger partial charge >= 0.3 is 0 Å². The fraction of sp³-hybridized carbons (Fsp3) is 0.133. The quantitative estimate of drug-likeness (QED) is 0.720. The molecule has 1 aromatic carbocycles. The number of hydrogen-bond acceptors (Lipinski definition) is 3. The predicted octanol–water partition coefficient (Wildman–Crippen LogP) is 5.10. The molecule has 0 aliphatic rings. The minimum absolute atomic E-state index is 0.263. The Bertz CT molecular complexity index is 801. The van der Waals surface area contributed by atoms with Crippen molar-refractivity contribution in [2.24, 2.45) is 0 Å². The van der Waals surface area contributed by atoms with Gasteiger partial charge in [0.15, 0.2) is 0 Å². The summed E-state index contributed by atoms with van der Waals surface area (Å²) in [6.45, 7) is 0. The Morgan fingerprint density at radius 3 is 2.62 bits per heavy atom. The SMILES string of the molecule is CNC(c1cc2cc(Cl)ccc2o1)c1ncc(Cl)cc1Cl. The first-order chi connectivity index (χ1) is 10.1. The number of nitrogens with zero attached hydrogens (tertiary/aromatic N) is 1. The molecule has 2 aromatic heterocycles. The molecule has 6 heteroatoms. The minimum Gasteiger partial charge on any atom is -0.459 e. The molecule has 0 saturated heterocycles. The van der Waals surface area contributed by atoms with Gasteiger partial charge in [0, 0.05) is 16.6 Å². The lowest BCUT2D eigenvalue weighted by molar-refractivity contribution is 0.486. The third-order valence-electron chi connectivity index (χ3n) is 3.18. The highest BCUT2D eigenvalue weighted by Gasteiger charge is 2.21. The molecule has 0 amide bonds. The molecule has 1 atom stereocenters. The molecule has 3 aromatic rings. The van der Waals surface area contributed by atoms with Crippen LogP contribution < -0.4 is 5.32 Å². The number of nitrogens with one attached hydrogen (secondary N) is 1. The van der Waals surface area contributed by atoms with Crippen LogP contribution in [-0.4, -0.2) is 12.0 Å². The molecule has 1 unspecified atom stereocenters. The van der Waals surface area contributed by atoms with E-state index >= 15 is 0 Å². The lowest BCUT2D eigenvalue weighted by Gasteiger charge is -2.14. The van der Waals surface area contributed by atoms with Crippen molar-refractivity contribution in [1.82, 2.24) is 10.3 Å². The highest BCUT2D eigenvalue weighted by atomic mass is 35.5. The second-order valence-electron chi connectivity index (χ2n) is 4.57. The van der Waals surface area contributed by atoms with Gasteiger partial charge in [0.05, 0.1) is 15.7 Å². The molecule has 1 N–H and O–H groups in total. The van der Waals surface area contributed by atoms with Gasteiger partial charge in [-0.2, -0.15) is 0 Å². The Hall–Kier alpha value is -1.26. The fourth-order valence-corrected chi connectivity index (χ4v) is 2.90. The van der Waals surface area contributed by atoms with Crippen LogP contribution in [-0.2, 0) is 0 Å². The lowest BCUT2D eigenvalue weighted by Crippen LogP contribution is -2.18. The van der Waals surface area contributed by atoms with E-state index in [1.165, 1.54) is 0 Å². The van der Waals surface area contributed by atoms with Crippen LogP contribution in [0.2, 0.25) is 15.1 Å². The Kier molecular flexibility index (Phi) is 4.09. The Morgan fingerprint density at radius 1 is 1.10 bits per heavy atom. The maximum Gasteiger partial charge on any atom is 0.134 e. The molecule has 0 aliphatic carbocycles. The van der Waals surface area contributed by atoms with E-state index in [2.05, 4.69) is 10.3 Å². The smallest absolute Gasteiger partial charge is 0.134 e. The first-order valence-electron chi connectivity index (χ1n) is 6.25. The largest absolute Gasteiger partial charge is 0.459 e. The second-order valence-corrected chi connectivity index (χ2v) is 5.85. The van der Waals surface area contributed by atoms with E-state index in [4.69, 9.17) is 39.2 Å². The normalized spacial score (nSPS) is 12.8. The number of benzene rings is 1. The first-order valence-corrected chi connectivity index (χ1v) is 7.39. The van der Waals surface area contributed by atoms with E-state index < -0.39 is 0 Å². The zero-order valence-electron chi connectivity index (χ0n) is 11.0. The third-order valence-corrected chi connectivity index (χ3v) is 3.92. The van der Waals surface area contributed by atoms with E-state index in [1.54, 1.807) is 18.3 Å². The van der Waals surface area contributed by atoms with Crippen LogP contribution in [0.3, 0.4) is 0 Å². The molecule has 3 nitrogen and oxygen atoms in total. The van der Waals surface area contributed by atoms with Gasteiger partial charge in [0.2, 0.25) is 0 Å². The maximum absolute atomic E-state index is 6.23. The van der Waals surface area contributed by atoms with E-state index in [0.29, 0.717) is 26.5 Å². The summed E-state index contributed by atoms with van der Waals surface area (Å²) in [5.74, 6) is 0.714. The highest BCUT2D eigenvalue weighted by Crippen LogP contribution is 2.32. The van der Waals surface area contributed by atoms with Crippen molar-refractivity contribution in [2.45, 2.75) is 6.04 Å². The topological polar surface area (TPSA) is 38.1 Å². The molecule has 0 bridgehead atoms. The van der Waals surface area contributed by atoms with Gasteiger partial charge in [0.1, 0.15) is 17.4 Å². The Labute approximate surface area is 136 Å². The molecule has 0 aliphatic heterocycles. The molecule has 0 spiro atoms. The van der Waals surface area contributed by atoms with Gasteiger partial charge in [-0.05, 0) is 37.4 Å². The van der Waals surface area contributed by atoms with Gasteiger partial charge in [0.25, 0.3) is 0 Å². The van der Waals surface area contributed by atoms with Crippen molar-refractivity contribution in [1.29, 1.82) is 0 Å². The van der Waals surface area contributed by atoms with Crippen LogP contribution in [0.15, 0.2) is 40.9 Å². The molecular formula is C15H11Cl3N2O. The van der Waals surface area contributed by atoms with Crippen molar-refractivity contribution in [3.8, 4) is 0 Å². The molecule has 0 saturated carbocycles. The first kappa shape index (κ1) is 14.7. The summed E-state index contributed by atoms with van der Waals surface area (Å²) in [5.41, 5.74) is 1.42. The summed E-state index contributed by atoms with van der Waals surface area (Å²) in [4.78, 5) is 4.30. The zero-order chi connectivity index (χ0) is 15.0. The van der Waals surface area contributed by atoms with E-state index in [-0.39, 0.29) is 6.04 Å². The summed E-state index contributed by atoms with van der Waals surface area (Å²) in [5, 5.41) is 5.73. The molecule has 0 fully saturated rings. The van der Waals surface area contributed by atoms with E-state index in [1.807, 2.05) is 25.2 Å². The van der Waals surface area contributed by atoms with Crippen LogP contribution >= 0.6 is 34.8 Å². The summed E-state index contributed by atoms with van der Waals surface area (Å²) < 4.78 is 5.86. The number of hydrogen-bond donors (Lipinski definition) is 1. The van der Waals surface area contributed by atoms with Gasteiger partial charge in [-0.3, -0.25) is 4.98 Å². The number of rotatable bonds is 3. The van der Waals surface area contributed by atoms with Crippen LogP contribution in [0, 0.1) is 0 Å². The van der Waals surface area contributed by atoms with Gasteiger partial charge in [-0.25, -0.2) is 0 Å². The molecule has 0 radical (unpaired) electrons. The number of furan rings is 1. The van der Waals surface area contributed by atoms with Crippen LogP contribution in [0.25, 0.3) is 11.0 Å². The van der Waals surface area contributed by atoms with Gasteiger partial charge < -0.3 is 9.73 Å². The van der Waals surface area contributed by atoms with E-state index in [0.717, 1.165) is 11.0 Å². The molecule has 108 valence electrons. The average molecular weight is 342 g/mol. The monoisotopic (exact) mass is 340 g/mol. The minimum atomic E-state index is -0.263. The van der Waals surface area contributed by atoms with Crippen LogP contribution in [0.1, 0.15) is 17.5 Å². The number of pyridine rings is 1. The fourth-order valence-electron chi connectivity index (χ4n) is 2.23. The van der Waals surface area contributed by atoms with Crippen molar-refractivity contribution in [2.75, 3.05) is 7.05 Å². The lowest BCUT2D eigenvalue weighted by atomic mass is 10.1. The summed E-state index contributed by atoms with van der Waals surface area (Å²) in [6, 6.07) is 8.81. The average Bonchev–Trinajstić information content (AvgIpc) is 2.84. The second kappa shape index (κ2) is 5.85. The Balaban J connectivity index is 2.09. The molecule has 3 rings (SSSR count). The molecule has 21 heavy (non-hydrogen) atoms. The summed E-state index contributed by atoms with van der Waals surface area (Å²) >= 11 is 18.1. The number of fused-ring (bicyclic) bond motifs is 1. The predicted molar refractivity (Wildman–Crippen MR) is 86.4 cm³/mol. The highest BCUT2D eigenvalue weighted by molar-refractivity contribution is 6.34. The standard InChI is InChI=1S/C15H11Cl3N2O/c1-19-15(14-11(18)6-10(17)7-20-14)13-5-8-4-9(16)2-3-12(8)21-13/h2-7,15,19H,1H3. The van der Waals surface area contributed by atoms with E-state index in [9.17, 15) is 0 Å². The molecule has 2 heterocycles. The van der Waals surface area contributed by atoms with Gasteiger partial charge in [-0.1, -0.05) is 34.8 Å². The summed E-state index contributed by atoms with van der Waals surface area (Å²) in [6.07, 6.45) is 1.56.